The maximum Gasteiger partial charge on any atom is 0.256 e. The maximum absolute atomic E-state index is 14.5. The first-order valence-electron chi connectivity index (χ1n) is 17.4. The number of nitrogens with zero attached hydrogens (tertiary/aromatic N) is 5. The summed E-state index contributed by atoms with van der Waals surface area (Å²) in [5.74, 6) is 1.16. The van der Waals surface area contributed by atoms with Crippen molar-refractivity contribution in [1.29, 1.82) is 0 Å². The first kappa shape index (κ1) is 34.1. The van der Waals surface area contributed by atoms with Gasteiger partial charge in [0.15, 0.2) is 0 Å². The molecule has 0 unspecified atom stereocenters. The number of hydrogen-bond donors (Lipinski definition) is 0. The molecule has 2 saturated heterocycles. The molecule has 4 heterocycles. The molecule has 2 aliphatic heterocycles. The van der Waals surface area contributed by atoms with Crippen LogP contribution in [0.2, 0.25) is 0 Å². The number of amides is 1. The minimum absolute atomic E-state index is 0.0130. The number of pyridine rings is 1. The van der Waals surface area contributed by atoms with Crippen LogP contribution in [0.3, 0.4) is 0 Å². The van der Waals surface area contributed by atoms with Gasteiger partial charge in [-0.1, -0.05) is 13.8 Å². The van der Waals surface area contributed by atoms with Crippen LogP contribution in [-0.4, -0.2) is 101 Å². The highest BCUT2D eigenvalue weighted by molar-refractivity contribution is 7.91. The molecule has 2 aromatic heterocycles. The molecule has 6 rings (SSSR count). The Morgan fingerprint density at radius 2 is 1.77 bits per heavy atom. The monoisotopic (exact) mass is 665 g/mol. The van der Waals surface area contributed by atoms with Gasteiger partial charge in [-0.2, -0.15) is 0 Å². The number of piperidine rings is 1. The van der Waals surface area contributed by atoms with Gasteiger partial charge in [-0.05, 0) is 113 Å². The quantitative estimate of drug-likeness (QED) is 0.275. The predicted octanol–water partition coefficient (Wildman–Crippen LogP) is 5.74. The van der Waals surface area contributed by atoms with Gasteiger partial charge in [-0.3, -0.25) is 14.7 Å². The number of sulfone groups is 1. The lowest BCUT2D eigenvalue weighted by atomic mass is 9.69. The molecule has 256 valence electrons. The summed E-state index contributed by atoms with van der Waals surface area (Å²) in [4.78, 5) is 24.9. The molecule has 3 aliphatic rings. The number of halogens is 1. The number of carbonyl (C=O) groups excluding carboxylic acids is 1. The standard InChI is InChI=1S/C37H52FN5O3S/c1-23(2)36(27-15-30(16-27)41-12-10-31(11-13-41)47(7,45)46)42-20-26(21-42)14-28-22-43(34-19-39-18-25(5)35(28)34)33-9-8-29(38)17-32(33)37(44)40(6)24(3)4/h8-9,17-19,22-24,26-27,30-31,36H,10-16,20-21H2,1-7H3/t27-,30-,36-/m0/s1. The van der Waals surface area contributed by atoms with E-state index in [0.29, 0.717) is 41.1 Å². The van der Waals surface area contributed by atoms with Crippen molar-refractivity contribution in [2.75, 3.05) is 39.5 Å². The van der Waals surface area contributed by atoms with Crippen molar-refractivity contribution in [1.82, 2.24) is 24.3 Å². The molecule has 0 N–H and O–H groups in total. The molecular formula is C37H52FN5O3S. The van der Waals surface area contributed by atoms with Crippen LogP contribution >= 0.6 is 0 Å². The first-order chi connectivity index (χ1) is 22.2. The molecule has 8 nitrogen and oxygen atoms in total. The summed E-state index contributed by atoms with van der Waals surface area (Å²) in [5.41, 5.74) is 4.29. The van der Waals surface area contributed by atoms with Crippen LogP contribution in [0.5, 0.6) is 0 Å². The highest BCUT2D eigenvalue weighted by Crippen LogP contribution is 2.42. The zero-order valence-corrected chi connectivity index (χ0v) is 29.9. The van der Waals surface area contributed by atoms with Crippen molar-refractivity contribution in [2.24, 2.45) is 17.8 Å². The van der Waals surface area contributed by atoms with Crippen molar-refractivity contribution in [3.05, 3.63) is 59.3 Å². The molecule has 0 spiro atoms. The SMILES string of the molecule is Cc1cncc2c1c(CC1CN([C@@H](C(C)C)[C@H]3C[C@H](N4CCC(S(C)(=O)=O)CC4)C3)C1)cn2-c1ccc(F)cc1C(=O)N(C)C(C)C. The van der Waals surface area contributed by atoms with Crippen LogP contribution in [0, 0.1) is 30.5 Å². The van der Waals surface area contributed by atoms with Gasteiger partial charge in [0.1, 0.15) is 15.7 Å². The summed E-state index contributed by atoms with van der Waals surface area (Å²) in [6.45, 7) is 14.6. The van der Waals surface area contributed by atoms with E-state index < -0.39 is 15.7 Å². The molecule has 0 bridgehead atoms. The molecule has 3 aromatic rings. The average Bonchev–Trinajstić information content (AvgIpc) is 3.34. The largest absolute Gasteiger partial charge is 0.339 e. The summed E-state index contributed by atoms with van der Waals surface area (Å²) < 4.78 is 40.5. The number of likely N-dealkylation sites (tertiary alicyclic amines) is 2. The zero-order valence-electron chi connectivity index (χ0n) is 29.1. The van der Waals surface area contributed by atoms with E-state index in [4.69, 9.17) is 0 Å². The fourth-order valence-electron chi connectivity index (χ4n) is 8.54. The smallest absolute Gasteiger partial charge is 0.256 e. The predicted molar refractivity (Wildman–Crippen MR) is 186 cm³/mol. The van der Waals surface area contributed by atoms with E-state index in [0.717, 1.165) is 56.5 Å². The van der Waals surface area contributed by atoms with E-state index in [1.807, 2.05) is 30.8 Å². The van der Waals surface area contributed by atoms with E-state index in [9.17, 15) is 17.6 Å². The van der Waals surface area contributed by atoms with E-state index in [1.165, 1.54) is 42.2 Å². The second-order valence-corrected chi connectivity index (χ2v) is 17.6. The highest BCUT2D eigenvalue weighted by Gasteiger charge is 2.45. The van der Waals surface area contributed by atoms with Crippen LogP contribution in [0.4, 0.5) is 4.39 Å². The second-order valence-electron chi connectivity index (χ2n) is 15.3. The third kappa shape index (κ3) is 6.75. The van der Waals surface area contributed by atoms with E-state index >= 15 is 0 Å². The van der Waals surface area contributed by atoms with Crippen molar-refractivity contribution >= 4 is 26.6 Å². The fraction of sp³-hybridized carbons (Fsp3) is 0.622. The molecule has 0 radical (unpaired) electrons. The molecule has 1 aliphatic carbocycles. The Morgan fingerprint density at radius 1 is 1.09 bits per heavy atom. The molecule has 47 heavy (non-hydrogen) atoms. The number of benzene rings is 1. The van der Waals surface area contributed by atoms with Gasteiger partial charge in [-0.25, -0.2) is 12.8 Å². The molecular weight excluding hydrogens is 614 g/mol. The Bertz CT molecular complexity index is 1720. The van der Waals surface area contributed by atoms with Gasteiger partial charge in [0.2, 0.25) is 0 Å². The summed E-state index contributed by atoms with van der Waals surface area (Å²) in [7, 11) is -1.18. The van der Waals surface area contributed by atoms with Crippen molar-refractivity contribution in [2.45, 2.75) is 90.1 Å². The lowest BCUT2D eigenvalue weighted by Gasteiger charge is -2.55. The van der Waals surface area contributed by atoms with E-state index in [1.54, 1.807) is 18.0 Å². The third-order valence-corrected chi connectivity index (χ3v) is 13.0. The van der Waals surface area contributed by atoms with Crippen LogP contribution in [0.15, 0.2) is 36.8 Å². The Kier molecular flexibility index (Phi) is 9.59. The summed E-state index contributed by atoms with van der Waals surface area (Å²) in [6, 6.07) is 5.62. The fourth-order valence-corrected chi connectivity index (χ4v) is 9.61. The van der Waals surface area contributed by atoms with Crippen molar-refractivity contribution in [3.8, 4) is 5.69 Å². The Balaban J connectivity index is 1.15. The average molecular weight is 666 g/mol. The van der Waals surface area contributed by atoms with Gasteiger partial charge in [-0.15, -0.1) is 0 Å². The molecule has 10 heteroatoms. The van der Waals surface area contributed by atoms with Crippen LogP contribution in [0.1, 0.15) is 74.9 Å². The topological polar surface area (TPSA) is 78.8 Å². The molecule has 1 amide bonds. The minimum atomic E-state index is -2.94. The zero-order chi connectivity index (χ0) is 33.8. The number of aryl methyl sites for hydroxylation is 1. The number of carbonyl (C=O) groups is 1. The summed E-state index contributed by atoms with van der Waals surface area (Å²) >= 11 is 0. The Hall–Kier alpha value is -2.82. The van der Waals surface area contributed by atoms with Gasteiger partial charge in [0, 0.05) is 62.3 Å². The second kappa shape index (κ2) is 13.2. The van der Waals surface area contributed by atoms with Gasteiger partial charge < -0.3 is 14.4 Å². The summed E-state index contributed by atoms with van der Waals surface area (Å²) in [6.07, 6.45) is 12.2. The van der Waals surface area contributed by atoms with Gasteiger partial charge >= 0.3 is 0 Å². The highest BCUT2D eigenvalue weighted by atomic mass is 32.2. The van der Waals surface area contributed by atoms with E-state index in [-0.39, 0.29) is 17.2 Å². The lowest BCUT2D eigenvalue weighted by molar-refractivity contribution is -0.0482. The van der Waals surface area contributed by atoms with Crippen LogP contribution < -0.4 is 0 Å². The Morgan fingerprint density at radius 3 is 2.38 bits per heavy atom. The Labute approximate surface area is 280 Å². The molecule has 1 saturated carbocycles. The lowest BCUT2D eigenvalue weighted by Crippen LogP contribution is -2.61. The minimum Gasteiger partial charge on any atom is -0.339 e. The van der Waals surface area contributed by atoms with Gasteiger partial charge in [0.05, 0.1) is 28.2 Å². The van der Waals surface area contributed by atoms with Crippen LogP contribution in [0.25, 0.3) is 16.6 Å². The summed E-state index contributed by atoms with van der Waals surface area (Å²) in [5, 5.41) is 0.997. The molecule has 1 aromatic carbocycles. The van der Waals surface area contributed by atoms with Crippen molar-refractivity contribution < 1.29 is 17.6 Å². The third-order valence-electron chi connectivity index (χ3n) is 11.4. The van der Waals surface area contributed by atoms with Gasteiger partial charge in [0.25, 0.3) is 5.91 Å². The maximum atomic E-state index is 14.5. The first-order valence-corrected chi connectivity index (χ1v) is 19.4. The van der Waals surface area contributed by atoms with Crippen molar-refractivity contribution in [3.63, 3.8) is 0 Å². The van der Waals surface area contributed by atoms with E-state index in [2.05, 4.69) is 41.8 Å². The normalized spacial score (nSPS) is 22.5. The number of aromatic nitrogens is 2. The number of rotatable bonds is 10. The van der Waals surface area contributed by atoms with Crippen LogP contribution in [-0.2, 0) is 16.3 Å². The number of hydrogen-bond acceptors (Lipinski definition) is 6. The molecule has 1 atom stereocenters. The molecule has 3 fully saturated rings. The number of fused-ring (bicyclic) bond motifs is 1.